The highest BCUT2D eigenvalue weighted by Gasteiger charge is 2.29. The third-order valence-corrected chi connectivity index (χ3v) is 5.19. The first-order valence-corrected chi connectivity index (χ1v) is 8.65. The molecule has 2 aromatic heterocycles. The number of nitrogens with zero attached hydrogens (tertiary/aromatic N) is 3. The Bertz CT molecular complexity index is 822. The average Bonchev–Trinajstić information content (AvgIpc) is 3.24. The second-order valence-corrected chi connectivity index (χ2v) is 6.83. The summed E-state index contributed by atoms with van der Waals surface area (Å²) in [6.07, 6.45) is 7.33. The van der Waals surface area contributed by atoms with E-state index in [1.807, 2.05) is 24.0 Å². The number of aliphatic hydroxyl groups is 1. The number of benzene rings is 1. The third kappa shape index (κ3) is 2.85. The van der Waals surface area contributed by atoms with Crippen LogP contribution in [0, 0.1) is 5.92 Å². The quantitative estimate of drug-likeness (QED) is 0.776. The van der Waals surface area contributed by atoms with Crippen LogP contribution in [0.1, 0.15) is 30.3 Å². The van der Waals surface area contributed by atoms with E-state index >= 15 is 0 Å². The van der Waals surface area contributed by atoms with Crippen LogP contribution in [-0.4, -0.2) is 37.6 Å². The first-order chi connectivity index (χ1) is 11.7. The number of aliphatic hydroxyl groups excluding tert-OH is 1. The predicted molar refractivity (Wildman–Crippen MR) is 94.5 cm³/mol. The number of imidazole rings is 1. The lowest BCUT2D eigenvalue weighted by molar-refractivity contribution is 0.0406. The Hall–Kier alpha value is -2.11. The number of hydrogen-bond donors (Lipinski definition) is 2. The summed E-state index contributed by atoms with van der Waals surface area (Å²) in [5.41, 5.74) is 2.54. The van der Waals surface area contributed by atoms with Crippen LogP contribution in [0.4, 0.5) is 0 Å². The highest BCUT2D eigenvalue weighted by atomic mass is 16.3. The van der Waals surface area contributed by atoms with Gasteiger partial charge < -0.3 is 14.7 Å². The molecule has 0 amide bonds. The highest BCUT2D eigenvalue weighted by Crippen LogP contribution is 2.30. The zero-order valence-electron chi connectivity index (χ0n) is 14.0. The monoisotopic (exact) mass is 324 g/mol. The summed E-state index contributed by atoms with van der Waals surface area (Å²) < 4.78 is 1.92. The molecule has 2 unspecified atom stereocenters. The third-order valence-electron chi connectivity index (χ3n) is 5.19. The van der Waals surface area contributed by atoms with Crippen molar-refractivity contribution in [3.8, 4) is 0 Å². The topological polar surface area (TPSA) is 57.1 Å². The number of fused-ring (bicyclic) bond motifs is 1. The summed E-state index contributed by atoms with van der Waals surface area (Å²) in [6.45, 7) is 2.93. The van der Waals surface area contributed by atoms with Crippen LogP contribution in [0.15, 0.2) is 42.9 Å². The molecule has 0 aliphatic carbocycles. The number of hydrogen-bond acceptors (Lipinski definition) is 3. The molecule has 4 rings (SSSR count). The maximum Gasteiger partial charge on any atom is 0.137 e. The van der Waals surface area contributed by atoms with Gasteiger partial charge in [0.2, 0.25) is 0 Å². The molecule has 0 spiro atoms. The summed E-state index contributed by atoms with van der Waals surface area (Å²) >= 11 is 0. The molecule has 126 valence electrons. The lowest BCUT2D eigenvalue weighted by atomic mass is 9.91. The second kappa shape index (κ2) is 6.42. The summed E-state index contributed by atoms with van der Waals surface area (Å²) in [5, 5.41) is 12.0. The lowest BCUT2D eigenvalue weighted by Gasteiger charge is -2.35. The van der Waals surface area contributed by atoms with Crippen molar-refractivity contribution >= 4 is 10.9 Å². The van der Waals surface area contributed by atoms with Gasteiger partial charge >= 0.3 is 0 Å². The van der Waals surface area contributed by atoms with Gasteiger partial charge in [-0.05, 0) is 37.1 Å². The van der Waals surface area contributed by atoms with Gasteiger partial charge in [0, 0.05) is 55.5 Å². The van der Waals surface area contributed by atoms with Gasteiger partial charge in [-0.1, -0.05) is 12.1 Å². The van der Waals surface area contributed by atoms with Gasteiger partial charge in [0.15, 0.2) is 0 Å². The Balaban J connectivity index is 1.49. The Morgan fingerprint density at radius 1 is 1.38 bits per heavy atom. The van der Waals surface area contributed by atoms with E-state index in [0.29, 0.717) is 0 Å². The molecule has 1 aromatic carbocycles. The number of H-pyrrole nitrogens is 1. The van der Waals surface area contributed by atoms with Crippen molar-refractivity contribution in [3.63, 3.8) is 0 Å². The zero-order valence-corrected chi connectivity index (χ0v) is 14.0. The minimum Gasteiger partial charge on any atom is -0.385 e. The largest absolute Gasteiger partial charge is 0.385 e. The van der Waals surface area contributed by atoms with Gasteiger partial charge in [-0.3, -0.25) is 4.90 Å². The smallest absolute Gasteiger partial charge is 0.137 e. The van der Waals surface area contributed by atoms with Crippen LogP contribution in [0.25, 0.3) is 10.9 Å². The van der Waals surface area contributed by atoms with E-state index in [9.17, 15) is 5.11 Å². The molecule has 24 heavy (non-hydrogen) atoms. The van der Waals surface area contributed by atoms with Crippen molar-refractivity contribution in [3.05, 3.63) is 54.2 Å². The molecule has 2 N–H and O–H groups in total. The van der Waals surface area contributed by atoms with Gasteiger partial charge in [-0.25, -0.2) is 4.98 Å². The summed E-state index contributed by atoms with van der Waals surface area (Å²) in [7, 11) is 1.94. The molecular weight excluding hydrogens is 300 g/mol. The van der Waals surface area contributed by atoms with E-state index in [1.54, 1.807) is 6.20 Å². The Morgan fingerprint density at radius 2 is 2.29 bits per heavy atom. The number of nitrogens with one attached hydrogen (secondary N) is 1. The molecule has 5 nitrogen and oxygen atoms in total. The normalized spacial score (nSPS) is 20.5. The van der Waals surface area contributed by atoms with E-state index in [2.05, 4.69) is 39.1 Å². The van der Waals surface area contributed by atoms with Crippen LogP contribution in [0.5, 0.6) is 0 Å². The number of piperidine rings is 1. The number of aromatic nitrogens is 3. The molecule has 1 aliphatic heterocycles. The van der Waals surface area contributed by atoms with Gasteiger partial charge in [-0.2, -0.15) is 0 Å². The van der Waals surface area contributed by atoms with Crippen molar-refractivity contribution in [2.24, 2.45) is 13.0 Å². The molecule has 0 saturated carbocycles. The average molecular weight is 324 g/mol. The number of aryl methyl sites for hydroxylation is 1. The number of rotatable bonds is 4. The Morgan fingerprint density at radius 3 is 3.12 bits per heavy atom. The van der Waals surface area contributed by atoms with Gasteiger partial charge in [0.25, 0.3) is 0 Å². The van der Waals surface area contributed by atoms with Crippen molar-refractivity contribution < 1.29 is 5.11 Å². The fourth-order valence-corrected chi connectivity index (χ4v) is 3.89. The molecule has 3 aromatic rings. The van der Waals surface area contributed by atoms with Crippen LogP contribution in [-0.2, 0) is 13.6 Å². The molecule has 2 atom stereocenters. The maximum absolute atomic E-state index is 10.7. The molecular formula is C19H24N4O. The SMILES string of the molecule is Cn1ccnc1C(O)C1CCCN(Cc2cccc3[nH]ccc23)C1. The minimum absolute atomic E-state index is 0.241. The van der Waals surface area contributed by atoms with E-state index in [4.69, 9.17) is 0 Å². The van der Waals surface area contributed by atoms with Crippen LogP contribution in [0.3, 0.4) is 0 Å². The van der Waals surface area contributed by atoms with Gasteiger partial charge in [0.1, 0.15) is 11.9 Å². The summed E-state index contributed by atoms with van der Waals surface area (Å²) in [4.78, 5) is 10.1. The number of aromatic amines is 1. The Kier molecular flexibility index (Phi) is 4.12. The van der Waals surface area contributed by atoms with Crippen molar-refractivity contribution in [2.75, 3.05) is 13.1 Å². The Labute approximate surface area is 141 Å². The van der Waals surface area contributed by atoms with Crippen molar-refractivity contribution in [1.29, 1.82) is 0 Å². The van der Waals surface area contributed by atoms with Gasteiger partial charge in [-0.15, -0.1) is 0 Å². The standard InChI is InChI=1S/C19H24N4O/c1-22-11-9-21-19(22)18(24)15-5-3-10-23(13-15)12-14-4-2-6-17-16(14)7-8-20-17/h2,4,6-9,11,15,18,20,24H,3,5,10,12-13H2,1H3. The van der Waals surface area contributed by atoms with E-state index in [-0.39, 0.29) is 5.92 Å². The van der Waals surface area contributed by atoms with Crippen LogP contribution < -0.4 is 0 Å². The highest BCUT2D eigenvalue weighted by molar-refractivity contribution is 5.82. The second-order valence-electron chi connectivity index (χ2n) is 6.83. The molecule has 0 radical (unpaired) electrons. The molecule has 5 heteroatoms. The molecule has 0 bridgehead atoms. The van der Waals surface area contributed by atoms with Crippen LogP contribution >= 0.6 is 0 Å². The zero-order chi connectivity index (χ0) is 16.5. The summed E-state index contributed by atoms with van der Waals surface area (Å²) in [6, 6.07) is 8.57. The summed E-state index contributed by atoms with van der Waals surface area (Å²) in [5.74, 6) is 1.01. The minimum atomic E-state index is -0.490. The predicted octanol–water partition coefficient (Wildman–Crippen LogP) is 2.85. The first-order valence-electron chi connectivity index (χ1n) is 8.65. The van der Waals surface area contributed by atoms with E-state index < -0.39 is 6.10 Å². The maximum atomic E-state index is 10.7. The fourth-order valence-electron chi connectivity index (χ4n) is 3.89. The van der Waals surface area contributed by atoms with Crippen molar-refractivity contribution in [1.82, 2.24) is 19.4 Å². The molecule has 1 fully saturated rings. The van der Waals surface area contributed by atoms with Crippen LogP contribution in [0.2, 0.25) is 0 Å². The molecule has 3 heterocycles. The first kappa shape index (κ1) is 15.4. The molecule has 1 saturated heterocycles. The molecule has 1 aliphatic rings. The fraction of sp³-hybridized carbons (Fsp3) is 0.421. The van der Waals surface area contributed by atoms with E-state index in [0.717, 1.165) is 38.3 Å². The number of likely N-dealkylation sites (tertiary alicyclic amines) is 1. The lowest BCUT2D eigenvalue weighted by Crippen LogP contribution is -2.37. The van der Waals surface area contributed by atoms with E-state index in [1.165, 1.54) is 16.5 Å². The van der Waals surface area contributed by atoms with Gasteiger partial charge in [0.05, 0.1) is 0 Å². The van der Waals surface area contributed by atoms with Crippen molar-refractivity contribution in [2.45, 2.75) is 25.5 Å².